The molecule has 0 heterocycles. The second kappa shape index (κ2) is 3.71. The standard InChI is InChI=1S/C9H9NO3/c10-7-3-1-6(2-4-7)8(11)5-9(12)13/h1-4H,5,10H2,(H,12,13). The minimum atomic E-state index is -1.12. The van der Waals surface area contributed by atoms with Gasteiger partial charge in [-0.2, -0.15) is 0 Å². The number of carbonyl (C=O) groups is 2. The van der Waals surface area contributed by atoms with Gasteiger partial charge < -0.3 is 10.8 Å². The molecule has 0 atom stereocenters. The maximum Gasteiger partial charge on any atom is 0.311 e. The first kappa shape index (κ1) is 9.25. The first-order chi connectivity index (χ1) is 6.09. The molecule has 0 aromatic heterocycles. The molecular formula is C9H9NO3. The van der Waals surface area contributed by atoms with E-state index in [1.54, 1.807) is 12.1 Å². The van der Waals surface area contributed by atoms with Gasteiger partial charge in [-0.05, 0) is 24.3 Å². The van der Waals surface area contributed by atoms with Crippen molar-refractivity contribution in [2.24, 2.45) is 0 Å². The lowest BCUT2D eigenvalue weighted by Crippen LogP contribution is -2.06. The normalized spacial score (nSPS) is 9.54. The molecule has 0 unspecified atom stereocenters. The van der Waals surface area contributed by atoms with Crippen molar-refractivity contribution < 1.29 is 14.7 Å². The van der Waals surface area contributed by atoms with Crippen LogP contribution < -0.4 is 5.73 Å². The number of aliphatic carboxylic acids is 1. The number of anilines is 1. The summed E-state index contributed by atoms with van der Waals surface area (Å²) in [6.45, 7) is 0. The Morgan fingerprint density at radius 1 is 1.23 bits per heavy atom. The van der Waals surface area contributed by atoms with E-state index < -0.39 is 18.2 Å². The molecule has 0 saturated carbocycles. The molecular weight excluding hydrogens is 170 g/mol. The smallest absolute Gasteiger partial charge is 0.311 e. The Bertz CT molecular complexity index is 329. The third-order valence-electron chi connectivity index (χ3n) is 1.54. The average molecular weight is 179 g/mol. The molecule has 13 heavy (non-hydrogen) atoms. The van der Waals surface area contributed by atoms with E-state index in [4.69, 9.17) is 10.8 Å². The number of carboxylic acid groups (broad SMARTS) is 1. The zero-order valence-corrected chi connectivity index (χ0v) is 6.86. The lowest BCUT2D eigenvalue weighted by Gasteiger charge is -1.97. The number of hydrogen-bond acceptors (Lipinski definition) is 3. The fourth-order valence-corrected chi connectivity index (χ4v) is 0.908. The predicted octanol–water partition coefficient (Wildman–Crippen LogP) is 0.926. The monoisotopic (exact) mass is 179 g/mol. The Labute approximate surface area is 75.0 Å². The van der Waals surface area contributed by atoms with Gasteiger partial charge in [0.15, 0.2) is 5.78 Å². The molecule has 4 heteroatoms. The first-order valence-electron chi connectivity index (χ1n) is 3.70. The SMILES string of the molecule is Nc1ccc(C(=O)CC(=O)O)cc1. The molecule has 0 bridgehead atoms. The van der Waals surface area contributed by atoms with E-state index in [1.807, 2.05) is 0 Å². The number of carbonyl (C=O) groups excluding carboxylic acids is 1. The second-order valence-corrected chi connectivity index (χ2v) is 2.62. The van der Waals surface area contributed by atoms with E-state index in [0.29, 0.717) is 11.3 Å². The van der Waals surface area contributed by atoms with Gasteiger partial charge in [-0.15, -0.1) is 0 Å². The summed E-state index contributed by atoms with van der Waals surface area (Å²) in [5.74, 6) is -1.53. The molecule has 4 nitrogen and oxygen atoms in total. The minimum Gasteiger partial charge on any atom is -0.481 e. The van der Waals surface area contributed by atoms with Crippen LogP contribution in [0.15, 0.2) is 24.3 Å². The topological polar surface area (TPSA) is 80.4 Å². The van der Waals surface area contributed by atoms with Gasteiger partial charge in [0, 0.05) is 11.3 Å². The number of nitrogens with two attached hydrogens (primary N) is 1. The summed E-state index contributed by atoms with van der Waals surface area (Å²) in [4.78, 5) is 21.3. The molecule has 0 radical (unpaired) electrons. The van der Waals surface area contributed by atoms with Crippen molar-refractivity contribution in [1.29, 1.82) is 0 Å². The van der Waals surface area contributed by atoms with Crippen LogP contribution in [0.4, 0.5) is 5.69 Å². The minimum absolute atomic E-state index is 0.372. The predicted molar refractivity (Wildman–Crippen MR) is 47.4 cm³/mol. The molecule has 0 aliphatic heterocycles. The zero-order valence-electron chi connectivity index (χ0n) is 6.86. The van der Waals surface area contributed by atoms with Gasteiger partial charge in [0.05, 0.1) is 0 Å². The van der Waals surface area contributed by atoms with Crippen molar-refractivity contribution in [3.8, 4) is 0 Å². The molecule has 0 fully saturated rings. The number of nitrogen functional groups attached to an aromatic ring is 1. The maximum atomic E-state index is 11.1. The summed E-state index contributed by atoms with van der Waals surface area (Å²) in [5, 5.41) is 8.35. The molecule has 0 aliphatic rings. The highest BCUT2D eigenvalue weighted by Crippen LogP contribution is 2.07. The van der Waals surface area contributed by atoms with Crippen LogP contribution in [-0.4, -0.2) is 16.9 Å². The summed E-state index contributed by atoms with van der Waals surface area (Å²) in [6, 6.07) is 6.16. The molecule has 0 amide bonds. The zero-order chi connectivity index (χ0) is 9.84. The highest BCUT2D eigenvalue weighted by Gasteiger charge is 2.09. The summed E-state index contributed by atoms with van der Waals surface area (Å²) in [5.41, 5.74) is 6.32. The van der Waals surface area contributed by atoms with Crippen molar-refractivity contribution in [1.82, 2.24) is 0 Å². The molecule has 68 valence electrons. The number of benzene rings is 1. The maximum absolute atomic E-state index is 11.1. The molecule has 1 aromatic rings. The lowest BCUT2D eigenvalue weighted by atomic mass is 10.1. The van der Waals surface area contributed by atoms with Crippen molar-refractivity contribution >= 4 is 17.4 Å². The van der Waals surface area contributed by atoms with E-state index in [0.717, 1.165) is 0 Å². The summed E-state index contributed by atoms with van der Waals surface area (Å²) in [6.07, 6.45) is -0.482. The molecule has 1 aromatic carbocycles. The number of rotatable bonds is 3. The fourth-order valence-electron chi connectivity index (χ4n) is 0.908. The van der Waals surface area contributed by atoms with Crippen LogP contribution in [0.25, 0.3) is 0 Å². The molecule has 0 spiro atoms. The Morgan fingerprint density at radius 2 is 1.77 bits per heavy atom. The average Bonchev–Trinajstić information content (AvgIpc) is 2.04. The van der Waals surface area contributed by atoms with Crippen molar-refractivity contribution in [2.45, 2.75) is 6.42 Å². The lowest BCUT2D eigenvalue weighted by molar-refractivity contribution is -0.135. The largest absolute Gasteiger partial charge is 0.481 e. The van der Waals surface area contributed by atoms with E-state index in [-0.39, 0.29) is 0 Å². The van der Waals surface area contributed by atoms with E-state index in [2.05, 4.69) is 0 Å². The van der Waals surface area contributed by atoms with Crippen LogP contribution in [0.5, 0.6) is 0 Å². The van der Waals surface area contributed by atoms with Crippen molar-refractivity contribution in [3.63, 3.8) is 0 Å². The van der Waals surface area contributed by atoms with Crippen LogP contribution in [0, 0.1) is 0 Å². The first-order valence-corrected chi connectivity index (χ1v) is 3.70. The Balaban J connectivity index is 2.78. The molecule has 3 N–H and O–H groups in total. The summed E-state index contributed by atoms with van der Waals surface area (Å²) in [7, 11) is 0. The third kappa shape index (κ3) is 2.59. The fraction of sp³-hybridized carbons (Fsp3) is 0.111. The van der Waals surface area contributed by atoms with Gasteiger partial charge in [0.1, 0.15) is 6.42 Å². The van der Waals surface area contributed by atoms with E-state index in [1.165, 1.54) is 12.1 Å². The number of hydrogen-bond donors (Lipinski definition) is 2. The summed E-state index contributed by atoms with van der Waals surface area (Å²) >= 11 is 0. The number of ketones is 1. The Kier molecular flexibility index (Phi) is 2.64. The van der Waals surface area contributed by atoms with Gasteiger partial charge in [0.2, 0.25) is 0 Å². The number of Topliss-reactive ketones (excluding diaryl/α,β-unsaturated/α-hetero) is 1. The highest BCUT2D eigenvalue weighted by atomic mass is 16.4. The van der Waals surface area contributed by atoms with Gasteiger partial charge in [-0.3, -0.25) is 9.59 Å². The van der Waals surface area contributed by atoms with Crippen molar-refractivity contribution in [3.05, 3.63) is 29.8 Å². The van der Waals surface area contributed by atoms with Crippen LogP contribution in [0.3, 0.4) is 0 Å². The van der Waals surface area contributed by atoms with Crippen LogP contribution in [0.2, 0.25) is 0 Å². The van der Waals surface area contributed by atoms with Gasteiger partial charge in [-0.1, -0.05) is 0 Å². The van der Waals surface area contributed by atoms with Gasteiger partial charge in [-0.25, -0.2) is 0 Å². The van der Waals surface area contributed by atoms with E-state index >= 15 is 0 Å². The third-order valence-corrected chi connectivity index (χ3v) is 1.54. The quantitative estimate of drug-likeness (QED) is 0.411. The van der Waals surface area contributed by atoms with Crippen molar-refractivity contribution in [2.75, 3.05) is 5.73 Å². The number of carboxylic acids is 1. The summed E-state index contributed by atoms with van der Waals surface area (Å²) < 4.78 is 0. The highest BCUT2D eigenvalue weighted by molar-refractivity contribution is 6.05. The van der Waals surface area contributed by atoms with E-state index in [9.17, 15) is 9.59 Å². The van der Waals surface area contributed by atoms with Crippen LogP contribution >= 0.6 is 0 Å². The van der Waals surface area contributed by atoms with Gasteiger partial charge in [0.25, 0.3) is 0 Å². The molecule has 0 saturated heterocycles. The Morgan fingerprint density at radius 3 is 2.23 bits per heavy atom. The molecule has 1 rings (SSSR count). The van der Waals surface area contributed by atoms with Crippen LogP contribution in [-0.2, 0) is 4.79 Å². The van der Waals surface area contributed by atoms with Crippen LogP contribution in [0.1, 0.15) is 16.8 Å². The Hall–Kier alpha value is -1.84. The molecule has 0 aliphatic carbocycles. The second-order valence-electron chi connectivity index (χ2n) is 2.62. The van der Waals surface area contributed by atoms with Gasteiger partial charge >= 0.3 is 5.97 Å².